The number of sulfone groups is 1. The van der Waals surface area contributed by atoms with Gasteiger partial charge < -0.3 is 5.11 Å². The maximum absolute atomic E-state index is 11.9. The van der Waals surface area contributed by atoms with Crippen LogP contribution in [0.15, 0.2) is 0 Å². The van der Waals surface area contributed by atoms with Gasteiger partial charge >= 0.3 is 11.5 Å². The highest BCUT2D eigenvalue weighted by Crippen LogP contribution is 2.29. The summed E-state index contributed by atoms with van der Waals surface area (Å²) in [5.41, 5.74) is -5.39. The first kappa shape index (κ1) is 13.2. The van der Waals surface area contributed by atoms with Crippen molar-refractivity contribution in [1.82, 2.24) is 0 Å². The molecule has 0 amide bonds. The third-order valence-electron chi connectivity index (χ3n) is 1.62. The molecule has 0 fully saturated rings. The molecule has 84 valence electrons. The Morgan fingerprint density at radius 2 is 1.86 bits per heavy atom. The Morgan fingerprint density at radius 3 is 2.07 bits per heavy atom. The Morgan fingerprint density at radius 1 is 1.43 bits per heavy atom. The molecule has 8 heteroatoms. The van der Waals surface area contributed by atoms with Gasteiger partial charge in [0.05, 0.1) is 11.7 Å². The second-order valence-corrected chi connectivity index (χ2v) is 4.84. The van der Waals surface area contributed by atoms with E-state index in [0.29, 0.717) is 0 Å². The van der Waals surface area contributed by atoms with Crippen LogP contribution in [-0.4, -0.2) is 30.3 Å². The van der Waals surface area contributed by atoms with Gasteiger partial charge in [0.1, 0.15) is 0 Å². The van der Waals surface area contributed by atoms with E-state index in [1.54, 1.807) is 0 Å². The molecule has 0 aromatic carbocycles. The van der Waals surface area contributed by atoms with E-state index in [-0.39, 0.29) is 6.42 Å². The van der Waals surface area contributed by atoms with Crippen molar-refractivity contribution in [3.05, 3.63) is 0 Å². The van der Waals surface area contributed by atoms with E-state index in [0.717, 1.165) is 0 Å². The second-order valence-electron chi connectivity index (χ2n) is 2.62. The van der Waals surface area contributed by atoms with Crippen LogP contribution < -0.4 is 0 Å². The van der Waals surface area contributed by atoms with Crippen LogP contribution in [0.1, 0.15) is 19.8 Å². The number of carboxylic acids is 1. The summed E-state index contributed by atoms with van der Waals surface area (Å²) in [7, 11) is -5.36. The second kappa shape index (κ2) is 4.16. The topological polar surface area (TPSA) is 71.4 Å². The van der Waals surface area contributed by atoms with Gasteiger partial charge in [-0.3, -0.25) is 4.79 Å². The molecule has 14 heavy (non-hydrogen) atoms. The fourth-order valence-electron chi connectivity index (χ4n) is 0.857. The Kier molecular flexibility index (Phi) is 3.92. The predicted octanol–water partition coefficient (Wildman–Crippen LogP) is 1.17. The molecule has 0 aromatic heterocycles. The van der Waals surface area contributed by atoms with Crippen molar-refractivity contribution in [2.75, 3.05) is 0 Å². The highest BCUT2D eigenvalue weighted by Gasteiger charge is 2.50. The van der Waals surface area contributed by atoms with Crippen LogP contribution in [0.3, 0.4) is 0 Å². The molecule has 0 saturated carbocycles. The number of hydrogen-bond acceptors (Lipinski definition) is 3. The molecule has 0 aliphatic rings. The lowest BCUT2D eigenvalue weighted by molar-refractivity contribution is -0.137. The molecule has 4 nitrogen and oxygen atoms in total. The van der Waals surface area contributed by atoms with Crippen molar-refractivity contribution in [1.29, 1.82) is 0 Å². The quantitative estimate of drug-likeness (QED) is 0.792. The fourth-order valence-corrected chi connectivity index (χ4v) is 2.04. The molecule has 1 atom stereocenters. The normalized spacial score (nSPS) is 15.1. The van der Waals surface area contributed by atoms with E-state index >= 15 is 0 Å². The SMILES string of the molecule is CCC(CC(=O)O)S(=O)(=O)C(F)(F)F. The van der Waals surface area contributed by atoms with E-state index in [1.165, 1.54) is 6.92 Å². The molecule has 0 spiro atoms. The van der Waals surface area contributed by atoms with E-state index in [2.05, 4.69) is 0 Å². The minimum atomic E-state index is -5.39. The summed E-state index contributed by atoms with van der Waals surface area (Å²) in [6.07, 6.45) is -1.41. The molecule has 1 N–H and O–H groups in total. The van der Waals surface area contributed by atoms with Crippen molar-refractivity contribution in [3.8, 4) is 0 Å². The van der Waals surface area contributed by atoms with Gasteiger partial charge in [-0.1, -0.05) is 6.92 Å². The average molecular weight is 234 g/mol. The maximum Gasteiger partial charge on any atom is 0.497 e. The van der Waals surface area contributed by atoms with Gasteiger partial charge in [-0.25, -0.2) is 8.42 Å². The summed E-state index contributed by atoms with van der Waals surface area (Å²) in [4.78, 5) is 10.1. The Labute approximate surface area is 78.6 Å². The van der Waals surface area contributed by atoms with E-state index < -0.39 is 33.0 Å². The van der Waals surface area contributed by atoms with Crippen molar-refractivity contribution in [3.63, 3.8) is 0 Å². The molecular weight excluding hydrogens is 225 g/mol. The van der Waals surface area contributed by atoms with Gasteiger partial charge in [-0.2, -0.15) is 13.2 Å². The highest BCUT2D eigenvalue weighted by atomic mass is 32.2. The summed E-state index contributed by atoms with van der Waals surface area (Å²) in [5, 5.41) is 6.31. The molecule has 1 unspecified atom stereocenters. The standard InChI is InChI=1S/C6H9F3O4S/c1-2-4(3-5(10)11)14(12,13)6(7,8)9/h4H,2-3H2,1H3,(H,10,11). The summed E-state index contributed by atoms with van der Waals surface area (Å²) >= 11 is 0. The molecule has 0 heterocycles. The minimum Gasteiger partial charge on any atom is -0.481 e. The lowest BCUT2D eigenvalue weighted by Gasteiger charge is -2.15. The van der Waals surface area contributed by atoms with E-state index in [9.17, 15) is 26.4 Å². The fraction of sp³-hybridized carbons (Fsp3) is 0.833. The molecule has 0 aliphatic carbocycles. The van der Waals surface area contributed by atoms with Crippen molar-refractivity contribution < 1.29 is 31.5 Å². The molecule has 0 aliphatic heterocycles. The molecular formula is C6H9F3O4S. The van der Waals surface area contributed by atoms with Gasteiger partial charge in [-0.05, 0) is 6.42 Å². The average Bonchev–Trinajstić information content (AvgIpc) is 1.97. The molecule has 0 bridgehead atoms. The van der Waals surface area contributed by atoms with E-state index in [4.69, 9.17) is 5.11 Å². The monoisotopic (exact) mass is 234 g/mol. The lowest BCUT2D eigenvalue weighted by Crippen LogP contribution is -2.35. The number of hydrogen-bond donors (Lipinski definition) is 1. The first-order valence-electron chi connectivity index (χ1n) is 3.64. The van der Waals surface area contributed by atoms with Gasteiger partial charge in [0.25, 0.3) is 9.84 Å². The number of halogens is 3. The zero-order valence-electron chi connectivity index (χ0n) is 7.21. The van der Waals surface area contributed by atoms with Crippen LogP contribution in [0.4, 0.5) is 13.2 Å². The van der Waals surface area contributed by atoms with Crippen molar-refractivity contribution >= 4 is 15.8 Å². The number of carbonyl (C=O) groups is 1. The Bertz CT molecular complexity index is 306. The maximum atomic E-state index is 11.9. The van der Waals surface area contributed by atoms with Crippen LogP contribution in [0.25, 0.3) is 0 Å². The van der Waals surface area contributed by atoms with Crippen LogP contribution in [0.2, 0.25) is 0 Å². The summed E-state index contributed by atoms with van der Waals surface area (Å²) in [5.74, 6) is -1.57. The predicted molar refractivity (Wildman–Crippen MR) is 41.3 cm³/mol. The van der Waals surface area contributed by atoms with Gasteiger partial charge in [0.15, 0.2) is 0 Å². The van der Waals surface area contributed by atoms with Crippen LogP contribution in [0, 0.1) is 0 Å². The number of rotatable bonds is 4. The van der Waals surface area contributed by atoms with E-state index in [1.807, 2.05) is 0 Å². The summed E-state index contributed by atoms with van der Waals surface area (Å²) < 4.78 is 57.3. The van der Waals surface area contributed by atoms with Crippen molar-refractivity contribution in [2.24, 2.45) is 0 Å². The van der Waals surface area contributed by atoms with Crippen LogP contribution in [0.5, 0.6) is 0 Å². The molecule has 0 rings (SSSR count). The van der Waals surface area contributed by atoms with Crippen molar-refractivity contribution in [2.45, 2.75) is 30.5 Å². The van der Waals surface area contributed by atoms with Gasteiger partial charge in [-0.15, -0.1) is 0 Å². The third-order valence-corrected chi connectivity index (χ3v) is 3.64. The van der Waals surface area contributed by atoms with Gasteiger partial charge in [0.2, 0.25) is 0 Å². The zero-order valence-corrected chi connectivity index (χ0v) is 8.02. The number of aliphatic carboxylic acids is 1. The Balaban J connectivity index is 4.95. The first-order chi connectivity index (χ1) is 6.13. The molecule has 0 radical (unpaired) electrons. The lowest BCUT2D eigenvalue weighted by atomic mass is 10.2. The van der Waals surface area contributed by atoms with Gasteiger partial charge in [0, 0.05) is 0 Å². The smallest absolute Gasteiger partial charge is 0.481 e. The largest absolute Gasteiger partial charge is 0.497 e. The summed E-state index contributed by atoms with van der Waals surface area (Å²) in [6.45, 7) is 1.19. The first-order valence-corrected chi connectivity index (χ1v) is 5.19. The molecule has 0 saturated heterocycles. The third kappa shape index (κ3) is 2.86. The van der Waals surface area contributed by atoms with Crippen LogP contribution >= 0.6 is 0 Å². The minimum absolute atomic E-state index is 0.381. The number of alkyl halides is 3. The Hall–Kier alpha value is -0.790. The highest BCUT2D eigenvalue weighted by molar-refractivity contribution is 7.92. The zero-order chi connectivity index (χ0) is 11.6. The molecule has 0 aromatic rings. The van der Waals surface area contributed by atoms with Crippen LogP contribution in [-0.2, 0) is 14.6 Å². The summed E-state index contributed by atoms with van der Waals surface area (Å²) in [6, 6.07) is 0. The number of carboxylic acid groups (broad SMARTS) is 1.